The van der Waals surface area contributed by atoms with Gasteiger partial charge in [0, 0.05) is 11.1 Å². The Balaban J connectivity index is 1.42. The molecule has 2 heterocycles. The quantitative estimate of drug-likeness (QED) is 0.235. The fourth-order valence-corrected chi connectivity index (χ4v) is 5.20. The molecule has 8 rings (SSSR count). The summed E-state index contributed by atoms with van der Waals surface area (Å²) in [5.74, 6) is 0. The molecule has 0 saturated heterocycles. The van der Waals surface area contributed by atoms with E-state index in [4.69, 9.17) is 19.9 Å². The Morgan fingerprint density at radius 3 is 1.06 bits per heavy atom. The fourth-order valence-electron chi connectivity index (χ4n) is 5.20. The monoisotopic (exact) mass is 458 g/mol. The van der Waals surface area contributed by atoms with Gasteiger partial charge in [0.25, 0.3) is 0 Å². The molecule has 0 aliphatic rings. The van der Waals surface area contributed by atoms with E-state index >= 15 is 0 Å². The molecule has 0 unspecified atom stereocenters. The first-order valence-corrected chi connectivity index (χ1v) is 12.0. The number of hydrogen-bond acceptors (Lipinski definition) is 4. The molecule has 0 radical (unpaired) electrons. The topological polar surface area (TPSA) is 51.6 Å². The molecule has 6 aromatic carbocycles. The van der Waals surface area contributed by atoms with Gasteiger partial charge in [0.2, 0.25) is 0 Å². The molecule has 0 fully saturated rings. The number of hydrogen-bond donors (Lipinski definition) is 0. The third kappa shape index (κ3) is 2.88. The Morgan fingerprint density at radius 1 is 0.306 bits per heavy atom. The van der Waals surface area contributed by atoms with Crippen LogP contribution in [0.4, 0.5) is 0 Å². The van der Waals surface area contributed by atoms with Crippen LogP contribution in [0.25, 0.3) is 76.8 Å². The minimum Gasteiger partial charge on any atom is -0.244 e. The van der Waals surface area contributed by atoms with Gasteiger partial charge in [-0.3, -0.25) is 0 Å². The van der Waals surface area contributed by atoms with Crippen LogP contribution in [0.15, 0.2) is 109 Å². The second kappa shape index (κ2) is 7.27. The molecule has 0 atom stereocenters. The number of fused-ring (bicyclic) bond motifs is 6. The SMILES string of the molecule is c1ccc2cc3nc4c(-c5cccc6nc7cc8ccccc8cc7nc56)cccc4nc3cc2c1. The van der Waals surface area contributed by atoms with E-state index in [9.17, 15) is 0 Å². The summed E-state index contributed by atoms with van der Waals surface area (Å²) >= 11 is 0. The van der Waals surface area contributed by atoms with Gasteiger partial charge in [0.05, 0.1) is 44.1 Å². The van der Waals surface area contributed by atoms with Crippen molar-refractivity contribution >= 4 is 65.7 Å². The van der Waals surface area contributed by atoms with Gasteiger partial charge in [0.15, 0.2) is 0 Å². The zero-order chi connectivity index (χ0) is 23.6. The maximum atomic E-state index is 5.10. The van der Waals surface area contributed by atoms with Gasteiger partial charge in [-0.05, 0) is 57.9 Å². The van der Waals surface area contributed by atoms with E-state index in [1.807, 2.05) is 24.3 Å². The van der Waals surface area contributed by atoms with Crippen LogP contribution in [0.1, 0.15) is 0 Å². The molecule has 0 amide bonds. The highest BCUT2D eigenvalue weighted by molar-refractivity contribution is 6.06. The first-order valence-electron chi connectivity index (χ1n) is 12.0. The molecule has 2 aromatic heterocycles. The van der Waals surface area contributed by atoms with E-state index in [1.165, 1.54) is 10.8 Å². The minimum atomic E-state index is 0.868. The zero-order valence-electron chi connectivity index (χ0n) is 19.2. The van der Waals surface area contributed by atoms with Gasteiger partial charge in [-0.15, -0.1) is 0 Å². The normalized spacial score (nSPS) is 11.9. The average molecular weight is 459 g/mol. The van der Waals surface area contributed by atoms with E-state index < -0.39 is 0 Å². The number of rotatable bonds is 1. The van der Waals surface area contributed by atoms with Gasteiger partial charge in [-0.1, -0.05) is 72.8 Å². The van der Waals surface area contributed by atoms with Crippen LogP contribution in [0.3, 0.4) is 0 Å². The summed E-state index contributed by atoms with van der Waals surface area (Å²) in [6.45, 7) is 0. The Bertz CT molecular complexity index is 2010. The van der Waals surface area contributed by atoms with Crippen molar-refractivity contribution in [3.05, 3.63) is 109 Å². The Labute approximate surface area is 205 Å². The molecule has 0 aliphatic heterocycles. The zero-order valence-corrected chi connectivity index (χ0v) is 19.2. The van der Waals surface area contributed by atoms with E-state index in [0.717, 1.165) is 66.0 Å². The lowest BCUT2D eigenvalue weighted by molar-refractivity contribution is 1.39. The number of benzene rings is 6. The van der Waals surface area contributed by atoms with Crippen LogP contribution < -0.4 is 0 Å². The van der Waals surface area contributed by atoms with E-state index in [1.54, 1.807) is 0 Å². The lowest BCUT2D eigenvalue weighted by Gasteiger charge is -2.11. The van der Waals surface area contributed by atoms with Crippen molar-refractivity contribution in [2.24, 2.45) is 0 Å². The maximum Gasteiger partial charge on any atom is 0.0973 e. The lowest BCUT2D eigenvalue weighted by atomic mass is 10.0. The van der Waals surface area contributed by atoms with Crippen molar-refractivity contribution in [1.29, 1.82) is 0 Å². The third-order valence-electron chi connectivity index (χ3n) is 6.95. The van der Waals surface area contributed by atoms with E-state index in [2.05, 4.69) is 84.9 Å². The van der Waals surface area contributed by atoms with Crippen molar-refractivity contribution in [3.63, 3.8) is 0 Å². The molecule has 36 heavy (non-hydrogen) atoms. The Kier molecular flexibility index (Phi) is 3.91. The summed E-state index contributed by atoms with van der Waals surface area (Å²) in [5.41, 5.74) is 9.06. The number of nitrogens with zero attached hydrogens (tertiary/aromatic N) is 4. The van der Waals surface area contributed by atoms with Crippen molar-refractivity contribution in [3.8, 4) is 11.1 Å². The highest BCUT2D eigenvalue weighted by Gasteiger charge is 2.14. The summed E-state index contributed by atoms with van der Waals surface area (Å²) in [4.78, 5) is 20.2. The Morgan fingerprint density at radius 2 is 0.667 bits per heavy atom. The van der Waals surface area contributed by atoms with Crippen LogP contribution in [0.2, 0.25) is 0 Å². The molecule has 0 bridgehead atoms. The van der Waals surface area contributed by atoms with E-state index in [-0.39, 0.29) is 0 Å². The van der Waals surface area contributed by atoms with Crippen molar-refractivity contribution in [2.45, 2.75) is 0 Å². The number of aromatic nitrogens is 4. The molecule has 0 N–H and O–H groups in total. The van der Waals surface area contributed by atoms with Crippen molar-refractivity contribution < 1.29 is 0 Å². The molecule has 4 nitrogen and oxygen atoms in total. The van der Waals surface area contributed by atoms with Gasteiger partial charge < -0.3 is 0 Å². The lowest BCUT2D eigenvalue weighted by Crippen LogP contribution is -1.94. The highest BCUT2D eigenvalue weighted by atomic mass is 14.8. The first-order chi connectivity index (χ1) is 17.8. The summed E-state index contributed by atoms with van der Waals surface area (Å²) in [7, 11) is 0. The smallest absolute Gasteiger partial charge is 0.0973 e. The summed E-state index contributed by atoms with van der Waals surface area (Å²) in [6.07, 6.45) is 0. The molecular weight excluding hydrogens is 440 g/mol. The largest absolute Gasteiger partial charge is 0.244 e. The molecule has 8 aromatic rings. The van der Waals surface area contributed by atoms with Crippen LogP contribution in [-0.2, 0) is 0 Å². The first kappa shape index (κ1) is 19.4. The minimum absolute atomic E-state index is 0.868. The number of para-hydroxylation sites is 2. The van der Waals surface area contributed by atoms with Crippen LogP contribution in [-0.4, -0.2) is 19.9 Å². The second-order valence-corrected chi connectivity index (χ2v) is 9.17. The fraction of sp³-hybridized carbons (Fsp3) is 0. The summed E-state index contributed by atoms with van der Waals surface area (Å²) < 4.78 is 0. The van der Waals surface area contributed by atoms with E-state index in [0.29, 0.717) is 0 Å². The van der Waals surface area contributed by atoms with Crippen molar-refractivity contribution in [1.82, 2.24) is 19.9 Å². The van der Waals surface area contributed by atoms with Crippen LogP contribution in [0.5, 0.6) is 0 Å². The van der Waals surface area contributed by atoms with Crippen LogP contribution in [0, 0.1) is 0 Å². The summed E-state index contributed by atoms with van der Waals surface area (Å²) in [5, 5.41) is 4.65. The van der Waals surface area contributed by atoms with Crippen molar-refractivity contribution in [2.75, 3.05) is 0 Å². The molecule has 0 aliphatic carbocycles. The predicted octanol–water partition coefficient (Wildman–Crippen LogP) is 7.85. The van der Waals surface area contributed by atoms with Gasteiger partial charge in [0.1, 0.15) is 0 Å². The predicted molar refractivity (Wildman–Crippen MR) is 148 cm³/mol. The standard InChI is InChI=1S/C32H18N4/c1-3-9-21-17-29-27(15-19(21)7-1)33-25-13-5-11-23(31(25)35-29)24-12-6-14-26-32(24)36-30-18-22-10-4-2-8-20(22)16-28(30)34-26/h1-18H. The van der Waals surface area contributed by atoms with Gasteiger partial charge >= 0.3 is 0 Å². The van der Waals surface area contributed by atoms with Gasteiger partial charge in [-0.2, -0.15) is 0 Å². The third-order valence-corrected chi connectivity index (χ3v) is 6.95. The molecule has 0 saturated carbocycles. The summed E-state index contributed by atoms with van der Waals surface area (Å²) in [6, 6.07) is 37.5. The molecule has 0 spiro atoms. The van der Waals surface area contributed by atoms with Gasteiger partial charge in [-0.25, -0.2) is 19.9 Å². The Hall–Kier alpha value is -4.96. The molecule has 166 valence electrons. The van der Waals surface area contributed by atoms with Crippen LogP contribution >= 0.6 is 0 Å². The second-order valence-electron chi connectivity index (χ2n) is 9.17. The molecule has 4 heteroatoms. The average Bonchev–Trinajstić information content (AvgIpc) is 2.92. The molecular formula is C32H18N4. The highest BCUT2D eigenvalue weighted by Crippen LogP contribution is 2.34. The maximum absolute atomic E-state index is 5.10.